The van der Waals surface area contributed by atoms with Gasteiger partial charge in [0.05, 0.1) is 6.26 Å². The summed E-state index contributed by atoms with van der Waals surface area (Å²) in [5.41, 5.74) is -0.403. The lowest BCUT2D eigenvalue weighted by atomic mass is 9.82. The summed E-state index contributed by atoms with van der Waals surface area (Å²) in [5.74, 6) is 6.83. The lowest BCUT2D eigenvalue weighted by Crippen LogP contribution is -2.46. The van der Waals surface area contributed by atoms with E-state index in [0.717, 1.165) is 18.4 Å². The molecule has 2 N–H and O–H groups in total. The van der Waals surface area contributed by atoms with E-state index in [0.29, 0.717) is 29.4 Å². The van der Waals surface area contributed by atoms with Crippen LogP contribution in [0.15, 0.2) is 41.0 Å². The zero-order valence-electron chi connectivity index (χ0n) is 14.4. The van der Waals surface area contributed by atoms with Crippen molar-refractivity contribution in [1.82, 2.24) is 5.32 Å². The van der Waals surface area contributed by atoms with Gasteiger partial charge in [-0.2, -0.15) is 0 Å². The van der Waals surface area contributed by atoms with Gasteiger partial charge in [-0.15, -0.1) is 0 Å². The van der Waals surface area contributed by atoms with Gasteiger partial charge >= 0.3 is 6.09 Å². The Balaban J connectivity index is 1.61. The first kappa shape index (κ1) is 18.4. The van der Waals surface area contributed by atoms with Crippen LogP contribution in [0.3, 0.4) is 0 Å². The van der Waals surface area contributed by atoms with Crippen LogP contribution in [-0.4, -0.2) is 22.8 Å². The van der Waals surface area contributed by atoms with Gasteiger partial charge < -0.3 is 19.6 Å². The lowest BCUT2D eigenvalue weighted by molar-refractivity contribution is 0.0473. The molecule has 26 heavy (non-hydrogen) atoms. The van der Waals surface area contributed by atoms with Crippen LogP contribution in [0, 0.1) is 18.8 Å². The molecule has 1 fully saturated rings. The Morgan fingerprint density at radius 3 is 3.04 bits per heavy atom. The number of ether oxygens (including phenoxy) is 1. The van der Waals surface area contributed by atoms with E-state index in [-0.39, 0.29) is 6.04 Å². The van der Waals surface area contributed by atoms with E-state index in [9.17, 15) is 9.90 Å². The van der Waals surface area contributed by atoms with Crippen LogP contribution in [0.5, 0.6) is 5.75 Å². The van der Waals surface area contributed by atoms with Crippen LogP contribution in [0.25, 0.3) is 0 Å². The molecule has 5 nitrogen and oxygen atoms in total. The summed E-state index contributed by atoms with van der Waals surface area (Å²) in [4.78, 5) is 12.1. The zero-order chi connectivity index (χ0) is 18.6. The molecule has 1 heterocycles. The van der Waals surface area contributed by atoms with E-state index in [4.69, 9.17) is 20.8 Å². The third-order valence-electron chi connectivity index (χ3n) is 4.33. The molecule has 1 aromatic heterocycles. The van der Waals surface area contributed by atoms with Gasteiger partial charge in [0, 0.05) is 29.1 Å². The molecule has 2 aromatic rings. The number of hydrogen-bond donors (Lipinski definition) is 2. The molecule has 136 valence electrons. The number of nitrogens with one attached hydrogen (secondary N) is 1. The van der Waals surface area contributed by atoms with Crippen molar-refractivity contribution < 1.29 is 19.1 Å². The van der Waals surface area contributed by atoms with Crippen LogP contribution < -0.4 is 10.1 Å². The Morgan fingerprint density at radius 1 is 1.46 bits per heavy atom. The second-order valence-corrected chi connectivity index (χ2v) is 6.90. The maximum atomic E-state index is 12.1. The minimum atomic E-state index is -1.15. The van der Waals surface area contributed by atoms with Crippen molar-refractivity contribution in [3.63, 3.8) is 0 Å². The third-order valence-corrected chi connectivity index (χ3v) is 4.56. The average molecular weight is 374 g/mol. The molecule has 1 aliphatic carbocycles. The Morgan fingerprint density at radius 2 is 2.31 bits per heavy atom. The Kier molecular flexibility index (Phi) is 5.55. The molecule has 0 spiro atoms. The van der Waals surface area contributed by atoms with Gasteiger partial charge in [-0.1, -0.05) is 29.5 Å². The van der Waals surface area contributed by atoms with Crippen LogP contribution in [0.4, 0.5) is 4.79 Å². The van der Waals surface area contributed by atoms with Gasteiger partial charge in [0.15, 0.2) is 5.75 Å². The van der Waals surface area contributed by atoms with Gasteiger partial charge in [0.25, 0.3) is 0 Å². The number of halogens is 1. The molecular weight excluding hydrogens is 354 g/mol. The number of amides is 1. The van der Waals surface area contributed by atoms with E-state index >= 15 is 0 Å². The summed E-state index contributed by atoms with van der Waals surface area (Å²) in [7, 11) is 0. The summed E-state index contributed by atoms with van der Waals surface area (Å²) in [6.07, 6.45) is 3.33. The fourth-order valence-electron chi connectivity index (χ4n) is 3.02. The molecule has 0 aliphatic heterocycles. The number of aryl methyl sites for hydroxylation is 1. The second kappa shape index (κ2) is 7.86. The molecule has 0 saturated heterocycles. The van der Waals surface area contributed by atoms with Crippen molar-refractivity contribution in [3.05, 3.63) is 52.9 Å². The van der Waals surface area contributed by atoms with Crippen molar-refractivity contribution in [2.24, 2.45) is 0 Å². The Hall–Kier alpha value is -2.42. The maximum Gasteiger partial charge on any atom is 0.412 e. The first-order valence-corrected chi connectivity index (χ1v) is 8.85. The molecule has 1 aromatic carbocycles. The number of rotatable bonds is 2. The molecule has 1 saturated carbocycles. The van der Waals surface area contributed by atoms with Crippen LogP contribution in [0.2, 0.25) is 5.02 Å². The van der Waals surface area contributed by atoms with Gasteiger partial charge in [0.1, 0.15) is 11.4 Å². The first-order valence-electron chi connectivity index (χ1n) is 8.47. The molecule has 2 atom stereocenters. The zero-order valence-corrected chi connectivity index (χ0v) is 15.2. The first-order chi connectivity index (χ1) is 12.4. The third kappa shape index (κ3) is 4.81. The fraction of sp³-hybridized carbons (Fsp3) is 0.350. The number of benzene rings is 1. The summed E-state index contributed by atoms with van der Waals surface area (Å²) >= 11 is 5.95. The summed E-state index contributed by atoms with van der Waals surface area (Å²) in [5, 5.41) is 14.2. The molecule has 3 rings (SSSR count). The summed E-state index contributed by atoms with van der Waals surface area (Å²) in [6, 6.07) is 8.56. The predicted octanol–water partition coefficient (Wildman–Crippen LogP) is 4.06. The highest BCUT2D eigenvalue weighted by molar-refractivity contribution is 6.30. The number of hydrogen-bond acceptors (Lipinski definition) is 4. The van der Waals surface area contributed by atoms with Gasteiger partial charge in [-0.3, -0.25) is 0 Å². The van der Waals surface area contributed by atoms with Crippen LogP contribution in [0.1, 0.15) is 37.0 Å². The van der Waals surface area contributed by atoms with E-state index in [1.165, 1.54) is 6.26 Å². The van der Waals surface area contributed by atoms with Crippen molar-refractivity contribution in [2.45, 2.75) is 44.2 Å². The second-order valence-electron chi connectivity index (χ2n) is 6.46. The minimum absolute atomic E-state index is 0.206. The lowest BCUT2D eigenvalue weighted by Gasteiger charge is -2.33. The highest BCUT2D eigenvalue weighted by Crippen LogP contribution is 2.28. The highest BCUT2D eigenvalue weighted by Gasteiger charge is 2.34. The Labute approximate surface area is 157 Å². The van der Waals surface area contributed by atoms with E-state index < -0.39 is 11.7 Å². The highest BCUT2D eigenvalue weighted by atomic mass is 35.5. The smallest absolute Gasteiger partial charge is 0.412 e. The van der Waals surface area contributed by atoms with Gasteiger partial charge in [-0.05, 0) is 44.4 Å². The van der Waals surface area contributed by atoms with E-state index in [1.54, 1.807) is 25.1 Å². The molecule has 0 radical (unpaired) electrons. The standard InChI is InChI=1S/C20H20ClNO4/c1-14-18(8-11-25-14)26-19(23)22-17-6-3-9-20(24,13-17)10-7-15-4-2-5-16(21)12-15/h2,4-5,8,11-12,17,24H,3,6,9,13H2,1H3,(H,22,23)/t17-,20+/m1/s1. The van der Waals surface area contributed by atoms with Crippen molar-refractivity contribution in [3.8, 4) is 17.6 Å². The fourth-order valence-corrected chi connectivity index (χ4v) is 3.21. The number of aliphatic hydroxyl groups is 1. The largest absolute Gasteiger partial charge is 0.466 e. The monoisotopic (exact) mass is 373 g/mol. The molecule has 0 bridgehead atoms. The maximum absolute atomic E-state index is 12.1. The topological polar surface area (TPSA) is 71.7 Å². The van der Waals surface area contributed by atoms with Crippen molar-refractivity contribution in [2.75, 3.05) is 0 Å². The molecule has 1 aliphatic rings. The van der Waals surface area contributed by atoms with Crippen LogP contribution >= 0.6 is 11.6 Å². The SMILES string of the molecule is Cc1occc1OC(=O)N[C@@H]1CCC[C@](O)(C#Cc2cccc(Cl)c2)C1. The normalized spacial score (nSPS) is 22.2. The number of furan rings is 1. The number of carbonyl (C=O) groups excluding carboxylic acids is 1. The van der Waals surface area contributed by atoms with Gasteiger partial charge in [-0.25, -0.2) is 4.79 Å². The molecule has 6 heteroatoms. The van der Waals surface area contributed by atoms with Crippen molar-refractivity contribution in [1.29, 1.82) is 0 Å². The molecule has 1 amide bonds. The molecular formula is C20H20ClNO4. The minimum Gasteiger partial charge on any atom is -0.466 e. The van der Waals surface area contributed by atoms with E-state index in [2.05, 4.69) is 17.2 Å². The number of carbonyl (C=O) groups is 1. The Bertz CT molecular complexity index is 851. The summed E-state index contributed by atoms with van der Waals surface area (Å²) < 4.78 is 10.3. The summed E-state index contributed by atoms with van der Waals surface area (Å²) in [6.45, 7) is 1.72. The average Bonchev–Trinajstić information content (AvgIpc) is 2.98. The van der Waals surface area contributed by atoms with Crippen LogP contribution in [-0.2, 0) is 0 Å². The molecule has 0 unspecified atom stereocenters. The van der Waals surface area contributed by atoms with Crippen molar-refractivity contribution >= 4 is 17.7 Å². The quantitative estimate of drug-likeness (QED) is 0.779. The predicted molar refractivity (Wildman–Crippen MR) is 98.1 cm³/mol. The van der Waals surface area contributed by atoms with E-state index in [1.807, 2.05) is 12.1 Å². The van der Waals surface area contributed by atoms with Gasteiger partial charge in [0.2, 0.25) is 0 Å².